The van der Waals surface area contributed by atoms with Crippen molar-refractivity contribution in [2.75, 3.05) is 27.2 Å². The van der Waals surface area contributed by atoms with Gasteiger partial charge in [0.15, 0.2) is 5.03 Å². The summed E-state index contributed by atoms with van der Waals surface area (Å²) in [6, 6.07) is 15.5. The Kier molecular flexibility index (Phi) is 7.62. The van der Waals surface area contributed by atoms with Crippen molar-refractivity contribution in [2.24, 2.45) is 7.05 Å². The molecule has 1 aromatic heterocycles. The molecule has 0 saturated carbocycles. The first kappa shape index (κ1) is 24.7. The molecule has 1 saturated heterocycles. The lowest BCUT2D eigenvalue weighted by Gasteiger charge is -2.39. The maximum atomic E-state index is 11.0. The number of benzene rings is 2. The maximum absolute atomic E-state index is 11.0. The van der Waals surface area contributed by atoms with Crippen LogP contribution in [0.5, 0.6) is 5.75 Å². The van der Waals surface area contributed by atoms with Crippen molar-refractivity contribution >= 4 is 21.6 Å². The molecule has 182 valence electrons. The van der Waals surface area contributed by atoms with Gasteiger partial charge in [0.25, 0.3) is 10.0 Å². The average molecular weight is 503 g/mol. The number of sulfonamides is 1. The lowest BCUT2D eigenvalue weighted by atomic mass is 9.89. The molecule has 7 nitrogen and oxygen atoms in total. The number of aryl methyl sites for hydroxylation is 1. The van der Waals surface area contributed by atoms with Crippen LogP contribution in [0, 0.1) is 0 Å². The zero-order chi connectivity index (χ0) is 24.3. The van der Waals surface area contributed by atoms with Gasteiger partial charge in [0.2, 0.25) is 0 Å². The first-order valence-corrected chi connectivity index (χ1v) is 13.2. The summed E-state index contributed by atoms with van der Waals surface area (Å²) in [5, 5.41) is 0.870. The number of hydrogen-bond acceptors (Lipinski definition) is 5. The molecule has 2 atom stereocenters. The number of nitrogens with zero attached hydrogens (tertiary/aromatic N) is 3. The molecule has 34 heavy (non-hydrogen) atoms. The van der Waals surface area contributed by atoms with E-state index in [1.165, 1.54) is 55.8 Å². The van der Waals surface area contributed by atoms with E-state index in [-0.39, 0.29) is 5.03 Å². The summed E-state index contributed by atoms with van der Waals surface area (Å²) in [4.78, 5) is 6.31. The molecule has 9 heteroatoms. The Bertz CT molecular complexity index is 1240. The quantitative estimate of drug-likeness (QED) is 0.557. The van der Waals surface area contributed by atoms with Gasteiger partial charge in [0, 0.05) is 30.2 Å². The van der Waals surface area contributed by atoms with Gasteiger partial charge in [-0.2, -0.15) is 0 Å². The summed E-state index contributed by atoms with van der Waals surface area (Å²) in [7, 11) is 1.45. The molecule has 2 aromatic carbocycles. The lowest BCUT2D eigenvalue weighted by Crippen LogP contribution is -2.47. The Morgan fingerprint density at radius 3 is 2.59 bits per heavy atom. The molecular formula is C25H31ClN4O3S. The minimum Gasteiger partial charge on any atom is -0.497 e. The topological polar surface area (TPSA) is 76.5 Å². The number of nitrogens with one attached hydrogen (secondary N) is 1. The van der Waals surface area contributed by atoms with Gasteiger partial charge in [-0.3, -0.25) is 4.90 Å². The van der Waals surface area contributed by atoms with E-state index in [4.69, 9.17) is 16.3 Å². The number of imidazole rings is 1. The second-order valence-corrected chi connectivity index (χ2v) is 11.0. The minimum absolute atomic E-state index is 0.0440. The van der Waals surface area contributed by atoms with Crippen molar-refractivity contribution in [3.63, 3.8) is 0 Å². The van der Waals surface area contributed by atoms with Crippen LogP contribution in [0.25, 0.3) is 0 Å². The van der Waals surface area contributed by atoms with Gasteiger partial charge in [0.05, 0.1) is 13.4 Å². The predicted octanol–water partition coefficient (Wildman–Crippen LogP) is 3.63. The van der Waals surface area contributed by atoms with E-state index in [9.17, 15) is 8.42 Å². The third kappa shape index (κ3) is 5.46. The van der Waals surface area contributed by atoms with Crippen LogP contribution in [0.3, 0.4) is 0 Å². The molecule has 1 aliphatic heterocycles. The Morgan fingerprint density at radius 1 is 1.21 bits per heavy atom. The molecule has 2 heterocycles. The van der Waals surface area contributed by atoms with E-state index in [0.29, 0.717) is 12.0 Å². The summed E-state index contributed by atoms with van der Waals surface area (Å²) in [6.45, 7) is 2.48. The Hall–Kier alpha value is -2.39. The Labute approximate surface area is 206 Å². The molecule has 1 fully saturated rings. The molecule has 0 radical (unpaired) electrons. The number of rotatable bonds is 6. The van der Waals surface area contributed by atoms with Gasteiger partial charge in [-0.25, -0.2) is 18.1 Å². The summed E-state index contributed by atoms with van der Waals surface area (Å²) < 4.78 is 31.3. The van der Waals surface area contributed by atoms with E-state index in [0.717, 1.165) is 23.6 Å². The highest BCUT2D eigenvalue weighted by atomic mass is 35.5. The van der Waals surface area contributed by atoms with E-state index in [1.807, 2.05) is 6.07 Å². The summed E-state index contributed by atoms with van der Waals surface area (Å²) in [6.07, 6.45) is 6.41. The van der Waals surface area contributed by atoms with E-state index in [2.05, 4.69) is 51.0 Å². The number of ether oxygens (including phenoxy) is 1. The molecule has 2 unspecified atom stereocenters. The zero-order valence-electron chi connectivity index (χ0n) is 19.7. The first-order valence-electron chi connectivity index (χ1n) is 11.4. The van der Waals surface area contributed by atoms with Crippen LogP contribution in [0.2, 0.25) is 5.02 Å². The Balaban J connectivity index is 0.000000210. The molecule has 5 rings (SSSR count). The maximum Gasteiger partial charge on any atom is 0.259 e. The molecule has 0 spiro atoms. The third-order valence-electron chi connectivity index (χ3n) is 6.58. The van der Waals surface area contributed by atoms with Crippen molar-refractivity contribution in [1.82, 2.24) is 19.2 Å². The van der Waals surface area contributed by atoms with Gasteiger partial charge >= 0.3 is 0 Å². The van der Waals surface area contributed by atoms with Crippen molar-refractivity contribution in [2.45, 2.75) is 36.2 Å². The van der Waals surface area contributed by atoms with Crippen molar-refractivity contribution in [3.8, 4) is 5.75 Å². The summed E-state index contributed by atoms with van der Waals surface area (Å²) in [5.74, 6) is 1.49. The fourth-order valence-electron chi connectivity index (χ4n) is 4.66. The standard InChI is InChI=1S/C20H22ClNO.C5H9N3O2S/c1-23-17-7-6-15-12-20(22-8-3-9-22)19(18(15)13-17)11-14-4-2-5-16(21)10-14;1-6-11(9,10)5-3-8(2)4-7-5/h2,4-7,10,13,19-20H,3,8-9,11-12H2,1H3;3-4,6H,1-2H3. The van der Waals surface area contributed by atoms with Crippen molar-refractivity contribution in [3.05, 3.63) is 76.7 Å². The molecular weight excluding hydrogens is 472 g/mol. The van der Waals surface area contributed by atoms with Crippen LogP contribution in [-0.4, -0.2) is 56.2 Å². The van der Waals surface area contributed by atoms with E-state index >= 15 is 0 Å². The summed E-state index contributed by atoms with van der Waals surface area (Å²) >= 11 is 6.19. The number of fused-ring (bicyclic) bond motifs is 1. The van der Waals surface area contributed by atoms with Crippen molar-refractivity contribution in [1.29, 1.82) is 0 Å². The smallest absolute Gasteiger partial charge is 0.259 e. The highest BCUT2D eigenvalue weighted by Crippen LogP contribution is 2.41. The number of halogens is 1. The summed E-state index contributed by atoms with van der Waals surface area (Å²) in [5.41, 5.74) is 4.26. The highest BCUT2D eigenvalue weighted by molar-refractivity contribution is 7.89. The van der Waals surface area contributed by atoms with Gasteiger partial charge in [-0.05, 0) is 80.4 Å². The van der Waals surface area contributed by atoms with Gasteiger partial charge in [-0.1, -0.05) is 29.8 Å². The lowest BCUT2D eigenvalue weighted by molar-refractivity contribution is 0.106. The fraction of sp³-hybridized carbons (Fsp3) is 0.400. The average Bonchev–Trinajstić information content (AvgIpc) is 3.37. The number of aromatic nitrogens is 2. The predicted molar refractivity (Wildman–Crippen MR) is 134 cm³/mol. The van der Waals surface area contributed by atoms with Crippen LogP contribution in [0.4, 0.5) is 0 Å². The van der Waals surface area contributed by atoms with E-state index in [1.54, 1.807) is 18.7 Å². The molecule has 0 bridgehead atoms. The van der Waals surface area contributed by atoms with Crippen LogP contribution in [0.1, 0.15) is 29.0 Å². The molecule has 3 aromatic rings. The van der Waals surface area contributed by atoms with Crippen LogP contribution < -0.4 is 9.46 Å². The third-order valence-corrected chi connectivity index (χ3v) is 8.11. The fourth-order valence-corrected chi connectivity index (χ4v) is 5.57. The van der Waals surface area contributed by atoms with Crippen LogP contribution >= 0.6 is 11.6 Å². The second-order valence-electron chi connectivity index (χ2n) is 8.75. The monoisotopic (exact) mass is 502 g/mol. The number of hydrogen-bond donors (Lipinski definition) is 1. The molecule has 2 aliphatic rings. The normalized spacial score (nSPS) is 19.6. The molecule has 0 amide bonds. The number of methoxy groups -OCH3 is 1. The molecule has 1 aliphatic carbocycles. The second kappa shape index (κ2) is 10.5. The Morgan fingerprint density at radius 2 is 2.00 bits per heavy atom. The van der Waals surface area contributed by atoms with E-state index < -0.39 is 10.0 Å². The van der Waals surface area contributed by atoms with Crippen LogP contribution in [0.15, 0.2) is 60.0 Å². The van der Waals surface area contributed by atoms with Gasteiger partial charge in [-0.15, -0.1) is 0 Å². The largest absolute Gasteiger partial charge is 0.497 e. The highest BCUT2D eigenvalue weighted by Gasteiger charge is 2.38. The van der Waals surface area contributed by atoms with Gasteiger partial charge < -0.3 is 9.30 Å². The van der Waals surface area contributed by atoms with Crippen molar-refractivity contribution < 1.29 is 13.2 Å². The van der Waals surface area contributed by atoms with Gasteiger partial charge in [0.1, 0.15) is 5.75 Å². The SMILES string of the molecule is CNS(=O)(=O)c1cn(C)cn1.COc1ccc2c(c1)C(Cc1cccc(Cl)c1)C(N1CCC1)C2. The molecule has 1 N–H and O–H groups in total. The first-order chi connectivity index (χ1) is 16.3. The van der Waals surface area contributed by atoms with Crippen LogP contribution in [-0.2, 0) is 29.9 Å². The number of likely N-dealkylation sites (tertiary alicyclic amines) is 1. The zero-order valence-corrected chi connectivity index (χ0v) is 21.3. The minimum atomic E-state index is -3.36.